The van der Waals surface area contributed by atoms with Crippen LogP contribution in [0.5, 0.6) is 0 Å². The molecule has 2 aromatic carbocycles. The number of hydrogen-bond acceptors (Lipinski definition) is 3. The first kappa shape index (κ1) is 22.4. The van der Waals surface area contributed by atoms with Crippen LogP contribution in [0.3, 0.4) is 0 Å². The third kappa shape index (κ3) is 8.16. The van der Waals surface area contributed by atoms with E-state index < -0.39 is 6.10 Å². The van der Waals surface area contributed by atoms with Crippen molar-refractivity contribution in [3.05, 3.63) is 65.7 Å². The maximum absolute atomic E-state index is 9.94. The monoisotopic (exact) mass is 469 g/mol. The average molecular weight is 469 g/mol. The summed E-state index contributed by atoms with van der Waals surface area (Å²) in [5.74, 6) is 0.728. The number of ether oxygens (including phenoxy) is 1. The Morgan fingerprint density at radius 3 is 2.58 bits per heavy atom. The van der Waals surface area contributed by atoms with Crippen LogP contribution in [0.25, 0.3) is 0 Å². The first-order chi connectivity index (χ1) is 12.0. The quantitative estimate of drug-likeness (QED) is 0.313. The Balaban J connectivity index is 0.00000338. The number of benzene rings is 2. The van der Waals surface area contributed by atoms with Crippen LogP contribution in [0.15, 0.2) is 59.6 Å². The molecule has 6 heteroatoms. The second kappa shape index (κ2) is 11.9. The summed E-state index contributed by atoms with van der Waals surface area (Å²) in [4.78, 5) is 4.17. The molecule has 0 saturated heterocycles. The first-order valence-electron chi connectivity index (χ1n) is 8.51. The van der Waals surface area contributed by atoms with Crippen molar-refractivity contribution in [2.24, 2.45) is 10.7 Å². The molecule has 1 unspecified atom stereocenters. The molecule has 5 nitrogen and oxygen atoms in total. The maximum atomic E-state index is 9.94. The zero-order chi connectivity index (χ0) is 18.1. The van der Waals surface area contributed by atoms with Gasteiger partial charge in [-0.2, -0.15) is 0 Å². The molecule has 2 rings (SSSR count). The van der Waals surface area contributed by atoms with Crippen molar-refractivity contribution in [2.75, 3.05) is 18.5 Å². The summed E-state index contributed by atoms with van der Waals surface area (Å²) in [6, 6.07) is 17.9. The van der Waals surface area contributed by atoms with Gasteiger partial charge in [0.2, 0.25) is 0 Å². The van der Waals surface area contributed by atoms with Crippen LogP contribution in [-0.4, -0.2) is 30.3 Å². The molecule has 0 radical (unpaired) electrons. The minimum absolute atomic E-state index is 0. The molecule has 0 aromatic heterocycles. The maximum Gasteiger partial charge on any atom is 0.193 e. The van der Waals surface area contributed by atoms with Crippen molar-refractivity contribution in [1.82, 2.24) is 0 Å². The summed E-state index contributed by atoms with van der Waals surface area (Å²) >= 11 is 0. The summed E-state index contributed by atoms with van der Waals surface area (Å²) in [7, 11) is 0. The van der Waals surface area contributed by atoms with E-state index in [4.69, 9.17) is 10.5 Å². The van der Waals surface area contributed by atoms with Gasteiger partial charge in [-0.1, -0.05) is 56.3 Å². The molecular weight excluding hydrogens is 441 g/mol. The number of rotatable bonds is 8. The molecule has 0 aliphatic carbocycles. The molecule has 142 valence electrons. The number of aliphatic hydroxyl groups is 1. The number of aliphatic hydroxyl groups excluding tert-OH is 1. The molecule has 0 bridgehead atoms. The topological polar surface area (TPSA) is 79.9 Å². The molecule has 2 aromatic rings. The predicted molar refractivity (Wildman–Crippen MR) is 118 cm³/mol. The van der Waals surface area contributed by atoms with E-state index >= 15 is 0 Å². The Kier molecular flexibility index (Phi) is 10.2. The fraction of sp³-hybridized carbons (Fsp3) is 0.350. The summed E-state index contributed by atoms with van der Waals surface area (Å²) in [5.41, 5.74) is 9.08. The van der Waals surface area contributed by atoms with E-state index in [9.17, 15) is 5.11 Å². The second-order valence-corrected chi connectivity index (χ2v) is 6.29. The van der Waals surface area contributed by atoms with Gasteiger partial charge in [0.15, 0.2) is 5.96 Å². The minimum atomic E-state index is -0.689. The zero-order valence-electron chi connectivity index (χ0n) is 15.3. The molecule has 0 spiro atoms. The van der Waals surface area contributed by atoms with Crippen molar-refractivity contribution in [1.29, 1.82) is 0 Å². The lowest BCUT2D eigenvalue weighted by molar-refractivity contribution is 0.0331. The highest BCUT2D eigenvalue weighted by atomic mass is 127. The third-order valence-electron chi connectivity index (χ3n) is 3.72. The third-order valence-corrected chi connectivity index (χ3v) is 3.72. The van der Waals surface area contributed by atoms with Gasteiger partial charge in [-0.3, -0.25) is 4.99 Å². The smallest absolute Gasteiger partial charge is 0.193 e. The van der Waals surface area contributed by atoms with Crippen LogP contribution in [0.1, 0.15) is 30.9 Å². The zero-order valence-corrected chi connectivity index (χ0v) is 17.6. The normalized spacial score (nSPS) is 12.5. The van der Waals surface area contributed by atoms with Crippen molar-refractivity contribution in [3.63, 3.8) is 0 Å². The SMILES string of the molecule is CC(C)c1cccc(NC(N)=NCC(O)COCc2ccccc2)c1.I. The fourth-order valence-electron chi connectivity index (χ4n) is 2.31. The predicted octanol–water partition coefficient (Wildman–Crippen LogP) is 3.73. The highest BCUT2D eigenvalue weighted by molar-refractivity contribution is 14.0. The number of nitrogens with zero attached hydrogens (tertiary/aromatic N) is 1. The van der Waals surface area contributed by atoms with Gasteiger partial charge in [-0.15, -0.1) is 24.0 Å². The Hall–Kier alpha value is -1.64. The van der Waals surface area contributed by atoms with Crippen molar-refractivity contribution in [3.8, 4) is 0 Å². The van der Waals surface area contributed by atoms with Gasteiger partial charge in [-0.25, -0.2) is 0 Å². The summed E-state index contributed by atoms with van der Waals surface area (Å²) in [6.07, 6.45) is -0.689. The van der Waals surface area contributed by atoms with Gasteiger partial charge in [0.25, 0.3) is 0 Å². The Morgan fingerprint density at radius 1 is 1.15 bits per heavy atom. The molecule has 0 fully saturated rings. The average Bonchev–Trinajstić information content (AvgIpc) is 2.61. The summed E-state index contributed by atoms with van der Waals surface area (Å²) < 4.78 is 5.49. The van der Waals surface area contributed by atoms with Crippen molar-refractivity contribution < 1.29 is 9.84 Å². The Morgan fingerprint density at radius 2 is 1.88 bits per heavy atom. The van der Waals surface area contributed by atoms with Crippen LogP contribution >= 0.6 is 24.0 Å². The van der Waals surface area contributed by atoms with Gasteiger partial charge in [0.1, 0.15) is 0 Å². The molecule has 26 heavy (non-hydrogen) atoms. The van der Waals surface area contributed by atoms with E-state index in [2.05, 4.69) is 30.2 Å². The molecule has 4 N–H and O–H groups in total. The number of halogens is 1. The highest BCUT2D eigenvalue weighted by Gasteiger charge is 2.05. The van der Waals surface area contributed by atoms with Crippen LogP contribution in [0.4, 0.5) is 5.69 Å². The van der Waals surface area contributed by atoms with Gasteiger partial charge in [-0.05, 0) is 29.2 Å². The molecular formula is C20H28IN3O2. The molecule has 0 amide bonds. The van der Waals surface area contributed by atoms with Crippen LogP contribution in [0, 0.1) is 0 Å². The van der Waals surface area contributed by atoms with Gasteiger partial charge >= 0.3 is 0 Å². The van der Waals surface area contributed by atoms with Gasteiger partial charge in [0.05, 0.1) is 25.9 Å². The molecule has 0 aliphatic rings. The summed E-state index contributed by atoms with van der Waals surface area (Å²) in [5, 5.41) is 13.0. The van der Waals surface area contributed by atoms with Gasteiger partial charge < -0.3 is 20.9 Å². The highest BCUT2D eigenvalue weighted by Crippen LogP contribution is 2.18. The molecule has 0 saturated carbocycles. The molecule has 1 atom stereocenters. The lowest BCUT2D eigenvalue weighted by Gasteiger charge is -2.12. The largest absolute Gasteiger partial charge is 0.389 e. The number of guanidine groups is 1. The molecule has 0 heterocycles. The van der Waals surface area contributed by atoms with E-state index in [0.29, 0.717) is 12.5 Å². The number of anilines is 1. The van der Waals surface area contributed by atoms with Crippen LogP contribution in [-0.2, 0) is 11.3 Å². The van der Waals surface area contributed by atoms with E-state index in [1.807, 2.05) is 48.5 Å². The van der Waals surface area contributed by atoms with E-state index in [1.165, 1.54) is 5.56 Å². The fourth-order valence-corrected chi connectivity index (χ4v) is 2.31. The Labute approximate surface area is 172 Å². The standard InChI is InChI=1S/C20H27N3O2.HI/c1-15(2)17-9-6-10-18(11-17)23-20(21)22-12-19(24)14-25-13-16-7-4-3-5-8-16;/h3-11,15,19,24H,12-14H2,1-2H3,(H3,21,22,23);1H. The number of hydrogen-bond donors (Lipinski definition) is 3. The molecule has 0 aliphatic heterocycles. The first-order valence-corrected chi connectivity index (χ1v) is 8.51. The van der Waals surface area contributed by atoms with Crippen LogP contribution in [0.2, 0.25) is 0 Å². The van der Waals surface area contributed by atoms with E-state index in [0.717, 1.165) is 11.3 Å². The second-order valence-electron chi connectivity index (χ2n) is 6.29. The number of aliphatic imine (C=N–C) groups is 1. The minimum Gasteiger partial charge on any atom is -0.389 e. The van der Waals surface area contributed by atoms with E-state index in [-0.39, 0.29) is 43.1 Å². The summed E-state index contributed by atoms with van der Waals surface area (Å²) in [6.45, 7) is 5.16. The number of nitrogens with one attached hydrogen (secondary N) is 1. The van der Waals surface area contributed by atoms with Gasteiger partial charge in [0, 0.05) is 5.69 Å². The lowest BCUT2D eigenvalue weighted by Crippen LogP contribution is -2.26. The number of nitrogens with two attached hydrogens (primary N) is 1. The van der Waals surface area contributed by atoms with E-state index in [1.54, 1.807) is 0 Å². The Bertz CT molecular complexity index is 678. The van der Waals surface area contributed by atoms with Crippen molar-refractivity contribution >= 4 is 35.6 Å². The lowest BCUT2D eigenvalue weighted by atomic mass is 10.0. The van der Waals surface area contributed by atoms with Crippen LogP contribution < -0.4 is 11.1 Å². The van der Waals surface area contributed by atoms with Crippen molar-refractivity contribution in [2.45, 2.75) is 32.5 Å².